The number of H-pyrrole nitrogens is 1. The average Bonchev–Trinajstić information content (AvgIpc) is 2.52. The van der Waals surface area contributed by atoms with Crippen molar-refractivity contribution in [2.75, 3.05) is 12.4 Å². The van der Waals surface area contributed by atoms with Crippen molar-refractivity contribution in [2.45, 2.75) is 13.1 Å². The highest BCUT2D eigenvalue weighted by Crippen LogP contribution is 2.08. The molecule has 2 heterocycles. The Kier molecular flexibility index (Phi) is 1.58. The minimum Gasteiger partial charge on any atom is -0.359 e. The fraction of sp³-hybridized carbons (Fsp3) is 0.429. The molecule has 0 spiro atoms. The first-order valence-electron chi connectivity index (χ1n) is 3.82. The van der Waals surface area contributed by atoms with Crippen LogP contribution < -0.4 is 16.2 Å². The normalized spacial score (nSPS) is 14.4. The molecule has 5 nitrogen and oxygen atoms in total. The van der Waals surface area contributed by atoms with Crippen LogP contribution in [0.4, 0.5) is 5.95 Å². The maximum absolute atomic E-state index is 11.3. The van der Waals surface area contributed by atoms with Crippen LogP contribution >= 0.6 is 0 Å². The quantitative estimate of drug-likeness (QED) is 0.522. The monoisotopic (exact) mass is 166 g/mol. The van der Waals surface area contributed by atoms with E-state index in [1.54, 1.807) is 7.05 Å². The zero-order valence-corrected chi connectivity index (χ0v) is 6.77. The van der Waals surface area contributed by atoms with Crippen LogP contribution in [0.25, 0.3) is 0 Å². The lowest BCUT2D eigenvalue weighted by atomic mass is 10.3. The number of aromatic nitrogens is 2. The second-order valence-corrected chi connectivity index (χ2v) is 2.69. The summed E-state index contributed by atoms with van der Waals surface area (Å²) in [6.07, 6.45) is 0. The summed E-state index contributed by atoms with van der Waals surface area (Å²) in [4.78, 5) is 18.2. The summed E-state index contributed by atoms with van der Waals surface area (Å²) in [6.45, 7) is 1.32. The van der Waals surface area contributed by atoms with Crippen LogP contribution in [0.3, 0.4) is 0 Å². The van der Waals surface area contributed by atoms with Gasteiger partial charge in [0.15, 0.2) is 0 Å². The summed E-state index contributed by atoms with van der Waals surface area (Å²) >= 11 is 0. The van der Waals surface area contributed by atoms with Gasteiger partial charge in [0.1, 0.15) is 0 Å². The Hall–Kier alpha value is -1.36. The van der Waals surface area contributed by atoms with E-state index < -0.39 is 0 Å². The van der Waals surface area contributed by atoms with Gasteiger partial charge in [-0.1, -0.05) is 0 Å². The smallest absolute Gasteiger partial charge is 0.257 e. The zero-order chi connectivity index (χ0) is 8.55. The number of anilines is 1. The van der Waals surface area contributed by atoms with E-state index in [9.17, 15) is 4.79 Å². The first-order valence-corrected chi connectivity index (χ1v) is 3.82. The van der Waals surface area contributed by atoms with Gasteiger partial charge in [0.05, 0.1) is 11.3 Å². The van der Waals surface area contributed by atoms with Gasteiger partial charge in [-0.25, -0.2) is 4.98 Å². The first kappa shape index (κ1) is 7.30. The van der Waals surface area contributed by atoms with Gasteiger partial charge in [0, 0.05) is 20.1 Å². The number of nitrogens with one attached hydrogen (secondary N) is 3. The standard InChI is InChI=1S/C7H10N4O/c1-8-7-10-5-3-9-2-4(5)6(12)11-7/h9H,2-3H2,1H3,(H2,8,10,11,12). The predicted octanol–water partition coefficient (Wildman–Crippen LogP) is -0.585. The fourth-order valence-electron chi connectivity index (χ4n) is 1.30. The van der Waals surface area contributed by atoms with Crippen molar-refractivity contribution in [3.8, 4) is 0 Å². The van der Waals surface area contributed by atoms with Gasteiger partial charge in [-0.05, 0) is 0 Å². The summed E-state index contributed by atoms with van der Waals surface area (Å²) in [5, 5.41) is 5.87. The molecule has 0 unspecified atom stereocenters. The Morgan fingerprint density at radius 3 is 3.08 bits per heavy atom. The van der Waals surface area contributed by atoms with Crippen molar-refractivity contribution in [3.05, 3.63) is 21.6 Å². The summed E-state index contributed by atoms with van der Waals surface area (Å²) < 4.78 is 0. The third-order valence-corrected chi connectivity index (χ3v) is 1.93. The van der Waals surface area contributed by atoms with Crippen LogP contribution in [0.5, 0.6) is 0 Å². The lowest BCUT2D eigenvalue weighted by molar-refractivity contribution is 0.757. The van der Waals surface area contributed by atoms with Crippen molar-refractivity contribution in [1.82, 2.24) is 15.3 Å². The fourth-order valence-corrected chi connectivity index (χ4v) is 1.30. The highest BCUT2D eigenvalue weighted by atomic mass is 16.1. The van der Waals surface area contributed by atoms with Crippen LogP contribution in [-0.2, 0) is 13.1 Å². The number of nitrogens with zero attached hydrogens (tertiary/aromatic N) is 1. The molecule has 0 radical (unpaired) electrons. The highest BCUT2D eigenvalue weighted by Gasteiger charge is 2.15. The van der Waals surface area contributed by atoms with Gasteiger partial charge >= 0.3 is 0 Å². The molecule has 1 aromatic rings. The third-order valence-electron chi connectivity index (χ3n) is 1.93. The van der Waals surface area contributed by atoms with Crippen LogP contribution in [0.2, 0.25) is 0 Å². The Morgan fingerprint density at radius 2 is 2.33 bits per heavy atom. The van der Waals surface area contributed by atoms with Crippen molar-refractivity contribution >= 4 is 5.95 Å². The third kappa shape index (κ3) is 0.984. The van der Waals surface area contributed by atoms with E-state index in [0.29, 0.717) is 19.0 Å². The second kappa shape index (κ2) is 2.60. The predicted molar refractivity (Wildman–Crippen MR) is 44.9 cm³/mol. The van der Waals surface area contributed by atoms with E-state index >= 15 is 0 Å². The van der Waals surface area contributed by atoms with Crippen molar-refractivity contribution < 1.29 is 0 Å². The molecule has 12 heavy (non-hydrogen) atoms. The number of fused-ring (bicyclic) bond motifs is 1. The number of aromatic amines is 1. The molecule has 1 aromatic heterocycles. The molecule has 0 saturated heterocycles. The molecule has 0 bridgehead atoms. The minimum atomic E-state index is -0.0469. The molecule has 3 N–H and O–H groups in total. The van der Waals surface area contributed by atoms with Crippen LogP contribution in [0, 0.1) is 0 Å². The molecule has 0 atom stereocenters. The van der Waals surface area contributed by atoms with E-state index in [1.165, 1.54) is 0 Å². The highest BCUT2D eigenvalue weighted by molar-refractivity contribution is 5.30. The van der Waals surface area contributed by atoms with E-state index in [1.807, 2.05) is 0 Å². The van der Waals surface area contributed by atoms with Crippen LogP contribution in [-0.4, -0.2) is 17.0 Å². The first-order chi connectivity index (χ1) is 5.81. The molecular formula is C7H10N4O. The molecule has 1 aliphatic rings. The van der Waals surface area contributed by atoms with Gasteiger partial charge in [0.2, 0.25) is 5.95 Å². The molecule has 0 aromatic carbocycles. The minimum absolute atomic E-state index is 0.0469. The van der Waals surface area contributed by atoms with Gasteiger partial charge in [-0.2, -0.15) is 0 Å². The lowest BCUT2D eigenvalue weighted by Crippen LogP contribution is -2.16. The number of hydrogen-bond acceptors (Lipinski definition) is 4. The maximum Gasteiger partial charge on any atom is 0.257 e. The van der Waals surface area contributed by atoms with Crippen molar-refractivity contribution in [2.24, 2.45) is 0 Å². The summed E-state index contributed by atoms with van der Waals surface area (Å²) in [6, 6.07) is 0. The lowest BCUT2D eigenvalue weighted by Gasteiger charge is -2.00. The molecule has 0 amide bonds. The van der Waals surface area contributed by atoms with Gasteiger partial charge in [-0.15, -0.1) is 0 Å². The SMILES string of the molecule is CNc1nc2c(c(=O)[nH]1)CNC2. The van der Waals surface area contributed by atoms with E-state index in [0.717, 1.165) is 11.3 Å². The van der Waals surface area contributed by atoms with Crippen molar-refractivity contribution in [3.63, 3.8) is 0 Å². The number of rotatable bonds is 1. The van der Waals surface area contributed by atoms with E-state index in [2.05, 4.69) is 20.6 Å². The Balaban J connectivity index is 2.59. The zero-order valence-electron chi connectivity index (χ0n) is 6.77. The molecule has 2 rings (SSSR count). The number of hydrogen-bond donors (Lipinski definition) is 3. The second-order valence-electron chi connectivity index (χ2n) is 2.69. The average molecular weight is 166 g/mol. The molecule has 1 aliphatic heterocycles. The van der Waals surface area contributed by atoms with E-state index in [4.69, 9.17) is 0 Å². The molecule has 0 aliphatic carbocycles. The molecule has 0 fully saturated rings. The van der Waals surface area contributed by atoms with Gasteiger partial charge in [0.25, 0.3) is 5.56 Å². The van der Waals surface area contributed by atoms with Crippen LogP contribution in [0.1, 0.15) is 11.3 Å². The molecule has 0 saturated carbocycles. The molecule has 64 valence electrons. The van der Waals surface area contributed by atoms with Gasteiger partial charge < -0.3 is 10.6 Å². The molecular weight excluding hydrogens is 156 g/mol. The van der Waals surface area contributed by atoms with E-state index in [-0.39, 0.29) is 5.56 Å². The Labute approximate surface area is 69.2 Å². The summed E-state index contributed by atoms with van der Waals surface area (Å²) in [5.74, 6) is 0.530. The largest absolute Gasteiger partial charge is 0.359 e. The Bertz CT molecular complexity index is 357. The Morgan fingerprint density at radius 1 is 1.50 bits per heavy atom. The topological polar surface area (TPSA) is 69.8 Å². The van der Waals surface area contributed by atoms with Crippen LogP contribution in [0.15, 0.2) is 4.79 Å². The molecule has 5 heteroatoms. The summed E-state index contributed by atoms with van der Waals surface area (Å²) in [5.41, 5.74) is 1.56. The summed E-state index contributed by atoms with van der Waals surface area (Å²) in [7, 11) is 1.73. The maximum atomic E-state index is 11.3. The van der Waals surface area contributed by atoms with Crippen molar-refractivity contribution in [1.29, 1.82) is 0 Å². The van der Waals surface area contributed by atoms with Gasteiger partial charge in [-0.3, -0.25) is 9.78 Å².